The highest BCUT2D eigenvalue weighted by Crippen LogP contribution is 2.38. The standard InChI is InChI=1S/C15H28N2O3/c1-16-14(13-10-17(2)5-8-19-13)12-3-6-20-15(9-12)4-7-18-11-15/h12-14,16H,3-11H2,1-2H3. The van der Waals surface area contributed by atoms with Crippen molar-refractivity contribution in [3.8, 4) is 0 Å². The molecule has 1 spiro atoms. The van der Waals surface area contributed by atoms with Crippen molar-refractivity contribution in [2.45, 2.75) is 37.0 Å². The van der Waals surface area contributed by atoms with Gasteiger partial charge in [-0.2, -0.15) is 0 Å². The van der Waals surface area contributed by atoms with Gasteiger partial charge in [0, 0.05) is 38.8 Å². The number of hydrogen-bond donors (Lipinski definition) is 1. The van der Waals surface area contributed by atoms with Crippen LogP contribution in [0.2, 0.25) is 0 Å². The second kappa shape index (κ2) is 6.28. The lowest BCUT2D eigenvalue weighted by molar-refractivity contribution is -0.119. The molecular weight excluding hydrogens is 256 g/mol. The van der Waals surface area contributed by atoms with Crippen molar-refractivity contribution >= 4 is 0 Å². The minimum absolute atomic E-state index is 0.0153. The van der Waals surface area contributed by atoms with Crippen LogP contribution in [-0.2, 0) is 14.2 Å². The first-order chi connectivity index (χ1) is 9.72. The van der Waals surface area contributed by atoms with Crippen LogP contribution in [0.1, 0.15) is 19.3 Å². The average molecular weight is 284 g/mol. The van der Waals surface area contributed by atoms with E-state index in [1.54, 1.807) is 0 Å². The van der Waals surface area contributed by atoms with Crippen molar-refractivity contribution in [1.82, 2.24) is 10.2 Å². The molecule has 5 heteroatoms. The van der Waals surface area contributed by atoms with E-state index in [9.17, 15) is 0 Å². The van der Waals surface area contributed by atoms with E-state index >= 15 is 0 Å². The summed E-state index contributed by atoms with van der Waals surface area (Å²) < 4.78 is 17.7. The predicted molar refractivity (Wildman–Crippen MR) is 76.9 cm³/mol. The Morgan fingerprint density at radius 1 is 1.30 bits per heavy atom. The molecule has 0 bridgehead atoms. The topological polar surface area (TPSA) is 43.0 Å². The van der Waals surface area contributed by atoms with Crippen LogP contribution in [0, 0.1) is 5.92 Å². The maximum atomic E-state index is 6.06. The van der Waals surface area contributed by atoms with Gasteiger partial charge in [-0.05, 0) is 32.9 Å². The molecule has 0 radical (unpaired) electrons. The van der Waals surface area contributed by atoms with Gasteiger partial charge in [0.25, 0.3) is 0 Å². The fourth-order valence-corrected chi connectivity index (χ4v) is 3.99. The van der Waals surface area contributed by atoms with E-state index in [1.165, 1.54) is 0 Å². The summed E-state index contributed by atoms with van der Waals surface area (Å²) in [5.74, 6) is 0.618. The van der Waals surface area contributed by atoms with Gasteiger partial charge in [-0.1, -0.05) is 0 Å². The molecule has 116 valence electrons. The van der Waals surface area contributed by atoms with Crippen molar-refractivity contribution in [3.63, 3.8) is 0 Å². The molecule has 0 aliphatic carbocycles. The fourth-order valence-electron chi connectivity index (χ4n) is 3.99. The van der Waals surface area contributed by atoms with Crippen LogP contribution in [0.25, 0.3) is 0 Å². The summed E-state index contributed by atoms with van der Waals surface area (Å²) in [6.07, 6.45) is 3.56. The summed E-state index contributed by atoms with van der Waals surface area (Å²) in [6.45, 7) is 5.38. The first kappa shape index (κ1) is 14.7. The second-order valence-electron chi connectivity index (χ2n) is 6.57. The summed E-state index contributed by atoms with van der Waals surface area (Å²) in [4.78, 5) is 2.37. The molecule has 4 unspecified atom stereocenters. The van der Waals surface area contributed by atoms with Crippen molar-refractivity contribution < 1.29 is 14.2 Å². The Bertz CT molecular complexity index is 320. The molecule has 3 aliphatic heterocycles. The summed E-state index contributed by atoms with van der Waals surface area (Å²) in [6, 6.07) is 0.416. The molecule has 0 aromatic heterocycles. The van der Waals surface area contributed by atoms with E-state index in [2.05, 4.69) is 24.3 Å². The van der Waals surface area contributed by atoms with Crippen LogP contribution in [0.4, 0.5) is 0 Å². The molecule has 20 heavy (non-hydrogen) atoms. The maximum Gasteiger partial charge on any atom is 0.0939 e. The first-order valence-electron chi connectivity index (χ1n) is 7.91. The summed E-state index contributed by atoms with van der Waals surface area (Å²) in [5.41, 5.74) is -0.0153. The van der Waals surface area contributed by atoms with Gasteiger partial charge in [-0.3, -0.25) is 0 Å². The highest BCUT2D eigenvalue weighted by molar-refractivity contribution is 4.96. The lowest BCUT2D eigenvalue weighted by atomic mass is 9.79. The molecule has 3 heterocycles. The SMILES string of the molecule is CNC(C1CCOC2(CCOC2)C1)C1CN(C)CCO1. The molecule has 0 amide bonds. The van der Waals surface area contributed by atoms with Crippen LogP contribution >= 0.6 is 0 Å². The molecule has 0 aromatic rings. The third-order valence-corrected chi connectivity index (χ3v) is 5.14. The molecule has 0 saturated carbocycles. The zero-order valence-corrected chi connectivity index (χ0v) is 12.8. The van der Waals surface area contributed by atoms with Gasteiger partial charge in [0.05, 0.1) is 24.9 Å². The number of morpholine rings is 1. The quantitative estimate of drug-likeness (QED) is 0.817. The summed E-state index contributed by atoms with van der Waals surface area (Å²) in [5, 5.41) is 3.52. The molecule has 3 aliphatic rings. The number of ether oxygens (including phenoxy) is 3. The van der Waals surface area contributed by atoms with Gasteiger partial charge in [0.2, 0.25) is 0 Å². The molecular formula is C15H28N2O3. The lowest BCUT2D eigenvalue weighted by Crippen LogP contribution is -2.56. The van der Waals surface area contributed by atoms with Crippen LogP contribution in [0.15, 0.2) is 0 Å². The smallest absolute Gasteiger partial charge is 0.0939 e. The Morgan fingerprint density at radius 2 is 2.20 bits per heavy atom. The highest BCUT2D eigenvalue weighted by atomic mass is 16.6. The minimum Gasteiger partial charge on any atom is -0.378 e. The highest BCUT2D eigenvalue weighted by Gasteiger charge is 2.44. The number of nitrogens with zero attached hydrogens (tertiary/aromatic N) is 1. The Labute approximate surface area is 121 Å². The Hall–Kier alpha value is -0.200. The fraction of sp³-hybridized carbons (Fsp3) is 1.00. The van der Waals surface area contributed by atoms with Gasteiger partial charge < -0.3 is 24.4 Å². The number of nitrogens with one attached hydrogen (secondary N) is 1. The summed E-state index contributed by atoms with van der Waals surface area (Å²) in [7, 11) is 4.24. The van der Waals surface area contributed by atoms with Gasteiger partial charge in [0.15, 0.2) is 0 Å². The zero-order valence-electron chi connectivity index (χ0n) is 12.8. The third-order valence-electron chi connectivity index (χ3n) is 5.14. The normalized spacial score (nSPS) is 41.1. The van der Waals surface area contributed by atoms with E-state index in [1.807, 2.05) is 0 Å². The number of likely N-dealkylation sites (N-methyl/N-ethyl adjacent to an activating group) is 2. The van der Waals surface area contributed by atoms with E-state index in [0.717, 1.165) is 58.8 Å². The summed E-state index contributed by atoms with van der Waals surface area (Å²) >= 11 is 0. The number of rotatable bonds is 3. The molecule has 3 rings (SSSR count). The molecule has 3 fully saturated rings. The molecule has 1 N–H and O–H groups in total. The Balaban J connectivity index is 1.65. The van der Waals surface area contributed by atoms with Gasteiger partial charge >= 0.3 is 0 Å². The molecule has 5 nitrogen and oxygen atoms in total. The van der Waals surface area contributed by atoms with Gasteiger partial charge in [-0.15, -0.1) is 0 Å². The van der Waals surface area contributed by atoms with Gasteiger partial charge in [0.1, 0.15) is 0 Å². The average Bonchev–Trinajstić information content (AvgIpc) is 2.88. The van der Waals surface area contributed by atoms with Crippen LogP contribution in [0.5, 0.6) is 0 Å². The van der Waals surface area contributed by atoms with E-state index < -0.39 is 0 Å². The maximum absolute atomic E-state index is 6.06. The Morgan fingerprint density at radius 3 is 2.90 bits per heavy atom. The molecule has 4 atom stereocenters. The van der Waals surface area contributed by atoms with Gasteiger partial charge in [-0.25, -0.2) is 0 Å². The molecule has 3 saturated heterocycles. The first-order valence-corrected chi connectivity index (χ1v) is 7.91. The Kier molecular flexibility index (Phi) is 4.62. The predicted octanol–water partition coefficient (Wildman–Crippen LogP) is 0.491. The van der Waals surface area contributed by atoms with Crippen molar-refractivity contribution in [2.24, 2.45) is 5.92 Å². The lowest BCUT2D eigenvalue weighted by Gasteiger charge is -2.44. The van der Waals surface area contributed by atoms with Crippen molar-refractivity contribution in [3.05, 3.63) is 0 Å². The van der Waals surface area contributed by atoms with Crippen LogP contribution in [0.3, 0.4) is 0 Å². The molecule has 0 aromatic carbocycles. The monoisotopic (exact) mass is 284 g/mol. The largest absolute Gasteiger partial charge is 0.378 e. The van der Waals surface area contributed by atoms with Crippen molar-refractivity contribution in [2.75, 3.05) is 53.6 Å². The minimum atomic E-state index is -0.0153. The van der Waals surface area contributed by atoms with Crippen molar-refractivity contribution in [1.29, 1.82) is 0 Å². The number of hydrogen-bond acceptors (Lipinski definition) is 5. The van der Waals surface area contributed by atoms with E-state index in [0.29, 0.717) is 18.1 Å². The second-order valence-corrected chi connectivity index (χ2v) is 6.57. The van der Waals surface area contributed by atoms with Crippen LogP contribution < -0.4 is 5.32 Å². The zero-order chi connectivity index (χ0) is 14.0. The van der Waals surface area contributed by atoms with E-state index in [4.69, 9.17) is 14.2 Å². The van der Waals surface area contributed by atoms with Crippen LogP contribution in [-0.4, -0.2) is 76.3 Å². The third kappa shape index (κ3) is 3.02. The van der Waals surface area contributed by atoms with E-state index in [-0.39, 0.29) is 5.60 Å².